The Morgan fingerprint density at radius 3 is 2.71 bits per heavy atom. The molecule has 1 atom stereocenters. The number of nitrogens with zero attached hydrogens (tertiary/aromatic N) is 1. The van der Waals surface area contributed by atoms with E-state index in [1.165, 1.54) is 9.87 Å². The van der Waals surface area contributed by atoms with Gasteiger partial charge in [0.2, 0.25) is 15.9 Å². The van der Waals surface area contributed by atoms with Crippen molar-refractivity contribution in [3.63, 3.8) is 0 Å². The van der Waals surface area contributed by atoms with Crippen molar-refractivity contribution in [1.82, 2.24) is 4.31 Å². The first-order valence-corrected chi connectivity index (χ1v) is 8.84. The lowest BCUT2D eigenvalue weighted by atomic mass is 9.99. The number of amides is 1. The first-order chi connectivity index (χ1) is 9.98. The average Bonchev–Trinajstić information content (AvgIpc) is 2.94. The normalized spacial score (nSPS) is 23.0. The number of hydrogen-bond donors (Lipinski definition) is 1. The minimum Gasteiger partial charge on any atom is -0.369 e. The number of benzene rings is 1. The third kappa shape index (κ3) is 2.70. The van der Waals surface area contributed by atoms with Gasteiger partial charge in [-0.25, -0.2) is 8.42 Å². The Bertz CT molecular complexity index is 669. The molecule has 2 aliphatic rings. The Morgan fingerprint density at radius 1 is 1.19 bits per heavy atom. The molecule has 1 fully saturated rings. The van der Waals surface area contributed by atoms with Crippen molar-refractivity contribution >= 4 is 15.9 Å². The van der Waals surface area contributed by atoms with Gasteiger partial charge in [-0.05, 0) is 55.4 Å². The number of aryl methyl sites for hydroxylation is 2. The fraction of sp³-hybridized carbons (Fsp3) is 0.533. The fourth-order valence-electron chi connectivity index (χ4n) is 3.25. The van der Waals surface area contributed by atoms with Crippen molar-refractivity contribution in [1.29, 1.82) is 0 Å². The van der Waals surface area contributed by atoms with Crippen molar-refractivity contribution < 1.29 is 13.2 Å². The number of primary amides is 1. The van der Waals surface area contributed by atoms with E-state index in [1.807, 2.05) is 6.07 Å². The molecule has 3 rings (SSSR count). The number of carbonyl (C=O) groups is 1. The van der Waals surface area contributed by atoms with E-state index in [9.17, 15) is 13.2 Å². The summed E-state index contributed by atoms with van der Waals surface area (Å²) in [7, 11) is -3.52. The van der Waals surface area contributed by atoms with E-state index in [-0.39, 0.29) is 12.5 Å². The number of sulfonamides is 1. The van der Waals surface area contributed by atoms with Crippen LogP contribution in [0.5, 0.6) is 0 Å². The molecule has 1 aromatic carbocycles. The van der Waals surface area contributed by atoms with E-state index >= 15 is 0 Å². The molecule has 2 N–H and O–H groups in total. The van der Waals surface area contributed by atoms with E-state index in [2.05, 4.69) is 0 Å². The standard InChI is InChI=1S/C15H20N2O3S/c16-15(18)13-5-2-8-17(10-13)21(19,20)14-7-6-11-3-1-4-12(11)9-14/h6-7,9,13H,1-5,8,10H2,(H2,16,18)/t13-/m0/s1. The SMILES string of the molecule is NC(=O)[C@H]1CCCN(S(=O)(=O)c2ccc3c(c2)CCC3)C1. The van der Waals surface area contributed by atoms with Crippen molar-refractivity contribution in [3.05, 3.63) is 29.3 Å². The molecular formula is C15H20N2O3S. The van der Waals surface area contributed by atoms with Gasteiger partial charge >= 0.3 is 0 Å². The highest BCUT2D eigenvalue weighted by molar-refractivity contribution is 7.89. The summed E-state index contributed by atoms with van der Waals surface area (Å²) in [4.78, 5) is 11.7. The topological polar surface area (TPSA) is 80.5 Å². The summed E-state index contributed by atoms with van der Waals surface area (Å²) in [6.07, 6.45) is 4.42. The summed E-state index contributed by atoms with van der Waals surface area (Å²) >= 11 is 0. The molecule has 0 aromatic heterocycles. The number of fused-ring (bicyclic) bond motifs is 1. The predicted molar refractivity (Wildman–Crippen MR) is 79.1 cm³/mol. The highest BCUT2D eigenvalue weighted by Gasteiger charge is 2.32. The Labute approximate surface area is 125 Å². The van der Waals surface area contributed by atoms with Gasteiger partial charge in [0.25, 0.3) is 0 Å². The molecule has 1 saturated heterocycles. The van der Waals surface area contributed by atoms with Crippen LogP contribution in [0.25, 0.3) is 0 Å². The second kappa shape index (κ2) is 5.42. The molecule has 0 bridgehead atoms. The molecule has 5 nitrogen and oxygen atoms in total. The number of hydrogen-bond acceptors (Lipinski definition) is 3. The van der Waals surface area contributed by atoms with E-state index in [0.717, 1.165) is 24.8 Å². The van der Waals surface area contributed by atoms with Gasteiger partial charge in [-0.15, -0.1) is 0 Å². The maximum Gasteiger partial charge on any atom is 0.243 e. The average molecular weight is 308 g/mol. The molecule has 1 amide bonds. The molecular weight excluding hydrogens is 288 g/mol. The minimum atomic E-state index is -3.52. The van der Waals surface area contributed by atoms with Crippen molar-refractivity contribution in [2.24, 2.45) is 11.7 Å². The molecule has 0 unspecified atom stereocenters. The third-order valence-corrected chi connectivity index (χ3v) is 6.36. The summed E-state index contributed by atoms with van der Waals surface area (Å²) in [6, 6.07) is 5.41. The van der Waals surface area contributed by atoms with Gasteiger partial charge in [-0.2, -0.15) is 4.31 Å². The fourth-order valence-corrected chi connectivity index (χ4v) is 4.83. The van der Waals surface area contributed by atoms with Gasteiger partial charge in [0.15, 0.2) is 0 Å². The zero-order chi connectivity index (χ0) is 15.0. The third-order valence-electron chi connectivity index (χ3n) is 4.49. The van der Waals surface area contributed by atoms with Crippen molar-refractivity contribution in [2.45, 2.75) is 37.0 Å². The summed E-state index contributed by atoms with van der Waals surface area (Å²) in [5.74, 6) is -0.785. The summed E-state index contributed by atoms with van der Waals surface area (Å²) in [5, 5.41) is 0. The Morgan fingerprint density at radius 2 is 1.95 bits per heavy atom. The molecule has 0 spiro atoms. The van der Waals surface area contributed by atoms with Gasteiger partial charge in [0.05, 0.1) is 10.8 Å². The van der Waals surface area contributed by atoms with Crippen LogP contribution in [-0.2, 0) is 27.7 Å². The first kappa shape index (κ1) is 14.5. The smallest absolute Gasteiger partial charge is 0.243 e. The first-order valence-electron chi connectivity index (χ1n) is 7.40. The van der Waals surface area contributed by atoms with E-state index < -0.39 is 15.9 Å². The molecule has 1 aliphatic carbocycles. The van der Waals surface area contributed by atoms with Crippen molar-refractivity contribution in [3.8, 4) is 0 Å². The van der Waals surface area contributed by atoms with Crippen LogP contribution in [0, 0.1) is 5.92 Å². The number of piperidine rings is 1. The van der Waals surface area contributed by atoms with E-state index in [0.29, 0.717) is 24.3 Å². The molecule has 6 heteroatoms. The van der Waals surface area contributed by atoms with Crippen molar-refractivity contribution in [2.75, 3.05) is 13.1 Å². The minimum absolute atomic E-state index is 0.203. The van der Waals surface area contributed by atoms with Gasteiger partial charge < -0.3 is 5.73 Å². The van der Waals surface area contributed by atoms with Gasteiger partial charge in [-0.3, -0.25) is 4.79 Å². The number of nitrogens with two attached hydrogens (primary N) is 1. The second-order valence-corrected chi connectivity index (χ2v) is 7.83. The summed E-state index contributed by atoms with van der Waals surface area (Å²) < 4.78 is 26.9. The highest BCUT2D eigenvalue weighted by Crippen LogP contribution is 2.28. The molecule has 0 radical (unpaired) electrons. The summed E-state index contributed by atoms with van der Waals surface area (Å²) in [6.45, 7) is 0.665. The predicted octanol–water partition coefficient (Wildman–Crippen LogP) is 1.06. The van der Waals surface area contributed by atoms with Gasteiger partial charge in [0.1, 0.15) is 0 Å². The van der Waals surface area contributed by atoms with Crippen LogP contribution in [-0.4, -0.2) is 31.7 Å². The molecule has 21 heavy (non-hydrogen) atoms. The van der Waals surface area contributed by atoms with Crippen LogP contribution in [0.15, 0.2) is 23.1 Å². The van der Waals surface area contributed by atoms with Gasteiger partial charge in [0, 0.05) is 13.1 Å². The van der Waals surface area contributed by atoms with E-state index in [4.69, 9.17) is 5.73 Å². The lowest BCUT2D eigenvalue weighted by Crippen LogP contribution is -2.44. The zero-order valence-corrected chi connectivity index (χ0v) is 12.7. The lowest BCUT2D eigenvalue weighted by Gasteiger charge is -2.30. The maximum atomic E-state index is 12.7. The highest BCUT2D eigenvalue weighted by atomic mass is 32.2. The van der Waals surface area contributed by atoms with E-state index in [1.54, 1.807) is 12.1 Å². The van der Waals surface area contributed by atoms with Crippen LogP contribution in [0.3, 0.4) is 0 Å². The Hall–Kier alpha value is -1.40. The van der Waals surface area contributed by atoms with Crippen LogP contribution in [0.2, 0.25) is 0 Å². The molecule has 1 aliphatic heterocycles. The Balaban J connectivity index is 1.88. The zero-order valence-electron chi connectivity index (χ0n) is 11.9. The van der Waals surface area contributed by atoms with Crippen LogP contribution >= 0.6 is 0 Å². The molecule has 114 valence electrons. The number of rotatable bonds is 3. The molecule has 0 saturated carbocycles. The maximum absolute atomic E-state index is 12.7. The van der Waals surface area contributed by atoms with Gasteiger partial charge in [-0.1, -0.05) is 6.07 Å². The molecule has 1 heterocycles. The quantitative estimate of drug-likeness (QED) is 0.906. The Kier molecular flexibility index (Phi) is 3.75. The largest absolute Gasteiger partial charge is 0.369 e. The summed E-state index contributed by atoms with van der Waals surface area (Å²) in [5.41, 5.74) is 7.72. The monoisotopic (exact) mass is 308 g/mol. The second-order valence-electron chi connectivity index (χ2n) is 5.89. The van der Waals surface area contributed by atoms with Crippen LogP contribution < -0.4 is 5.73 Å². The van der Waals surface area contributed by atoms with Crippen LogP contribution in [0.4, 0.5) is 0 Å². The number of carbonyl (C=O) groups excluding carboxylic acids is 1. The lowest BCUT2D eigenvalue weighted by molar-refractivity contribution is -0.122. The van der Waals surface area contributed by atoms with Crippen LogP contribution in [0.1, 0.15) is 30.4 Å². The molecule has 1 aromatic rings.